The fourth-order valence-electron chi connectivity index (χ4n) is 2.42. The Kier molecular flexibility index (Phi) is 8.61. The van der Waals surface area contributed by atoms with Crippen molar-refractivity contribution in [1.29, 1.82) is 0 Å². The van der Waals surface area contributed by atoms with Gasteiger partial charge in [0.15, 0.2) is 4.34 Å². The topological polar surface area (TPSA) is 76.1 Å². The maximum absolute atomic E-state index is 12.4. The van der Waals surface area contributed by atoms with Crippen LogP contribution in [0.3, 0.4) is 0 Å². The number of anilines is 2. The molecule has 30 heavy (non-hydrogen) atoms. The number of ether oxygens (including phenoxy) is 1. The zero-order valence-corrected chi connectivity index (χ0v) is 18.9. The lowest BCUT2D eigenvalue weighted by molar-refractivity contribution is -0.113. The summed E-state index contributed by atoms with van der Waals surface area (Å²) >= 11 is 4.44. The first-order chi connectivity index (χ1) is 14.7. The van der Waals surface area contributed by atoms with E-state index in [0.29, 0.717) is 6.54 Å². The van der Waals surface area contributed by atoms with Crippen molar-refractivity contribution in [2.45, 2.75) is 15.8 Å². The molecule has 1 heterocycles. The first-order valence-electron chi connectivity index (χ1n) is 9.13. The number of para-hydroxylation sites is 1. The van der Waals surface area contributed by atoms with Gasteiger partial charge in [0.05, 0.1) is 18.6 Å². The third-order valence-electron chi connectivity index (χ3n) is 3.85. The van der Waals surface area contributed by atoms with Gasteiger partial charge in [0.2, 0.25) is 11.0 Å². The van der Waals surface area contributed by atoms with E-state index >= 15 is 0 Å². The van der Waals surface area contributed by atoms with Gasteiger partial charge < -0.3 is 15.4 Å². The van der Waals surface area contributed by atoms with Gasteiger partial charge in [-0.05, 0) is 29.8 Å². The van der Waals surface area contributed by atoms with Crippen LogP contribution in [0, 0.1) is 0 Å². The molecule has 0 atom stereocenters. The molecule has 2 aromatic carbocycles. The average Bonchev–Trinajstić information content (AvgIpc) is 3.24. The minimum Gasteiger partial charge on any atom is -0.497 e. The largest absolute Gasteiger partial charge is 0.497 e. The summed E-state index contributed by atoms with van der Waals surface area (Å²) in [4.78, 5) is 13.4. The molecule has 0 aliphatic rings. The lowest BCUT2D eigenvalue weighted by atomic mass is 10.2. The maximum atomic E-state index is 12.4. The fourth-order valence-corrected chi connectivity index (χ4v) is 4.71. The number of rotatable bonds is 11. The molecular formula is C21H22N4O2S3. The van der Waals surface area contributed by atoms with Gasteiger partial charge in [-0.25, -0.2) is 0 Å². The number of nitrogens with zero attached hydrogens (tertiary/aromatic N) is 2. The van der Waals surface area contributed by atoms with Gasteiger partial charge in [-0.15, -0.1) is 28.5 Å². The van der Waals surface area contributed by atoms with Crippen molar-refractivity contribution >= 4 is 51.6 Å². The highest BCUT2D eigenvalue weighted by Gasteiger charge is 2.10. The molecule has 1 amide bonds. The van der Waals surface area contributed by atoms with E-state index in [9.17, 15) is 4.79 Å². The van der Waals surface area contributed by atoms with E-state index in [-0.39, 0.29) is 11.7 Å². The quantitative estimate of drug-likeness (QED) is 0.303. The van der Waals surface area contributed by atoms with Crippen molar-refractivity contribution < 1.29 is 9.53 Å². The Morgan fingerprint density at radius 2 is 1.97 bits per heavy atom. The summed E-state index contributed by atoms with van der Waals surface area (Å²) in [7, 11) is 1.65. The second-order valence-corrected chi connectivity index (χ2v) is 9.27. The van der Waals surface area contributed by atoms with E-state index < -0.39 is 0 Å². The Morgan fingerprint density at radius 3 is 2.73 bits per heavy atom. The number of carbonyl (C=O) groups excluding carboxylic acids is 1. The predicted octanol–water partition coefficient (Wildman–Crippen LogP) is 5.17. The smallest absolute Gasteiger partial charge is 0.234 e. The van der Waals surface area contributed by atoms with Crippen LogP contribution in [0.15, 0.2) is 70.4 Å². The number of hydrogen-bond donors (Lipinski definition) is 2. The summed E-state index contributed by atoms with van der Waals surface area (Å²) in [5.41, 5.74) is 1.93. The summed E-state index contributed by atoms with van der Waals surface area (Å²) < 4.78 is 5.91. The molecule has 0 saturated carbocycles. The summed E-state index contributed by atoms with van der Waals surface area (Å²) in [5.74, 6) is 1.81. The first-order valence-corrected chi connectivity index (χ1v) is 11.9. The highest BCUT2D eigenvalue weighted by Crippen LogP contribution is 2.29. The Hall–Kier alpha value is -2.49. The first kappa shape index (κ1) is 22.2. The third kappa shape index (κ3) is 6.79. The summed E-state index contributed by atoms with van der Waals surface area (Å²) in [6.45, 7) is 4.38. The summed E-state index contributed by atoms with van der Waals surface area (Å²) in [6, 6.07) is 15.6. The Morgan fingerprint density at radius 1 is 1.17 bits per heavy atom. The normalized spacial score (nSPS) is 10.4. The number of methoxy groups -OCH3 is 1. The van der Waals surface area contributed by atoms with E-state index in [2.05, 4.69) is 27.4 Å². The Labute approximate surface area is 188 Å². The van der Waals surface area contributed by atoms with Gasteiger partial charge >= 0.3 is 0 Å². The van der Waals surface area contributed by atoms with Crippen molar-refractivity contribution in [2.75, 3.05) is 29.2 Å². The molecule has 156 valence electrons. The van der Waals surface area contributed by atoms with Crippen molar-refractivity contribution in [3.63, 3.8) is 0 Å². The zero-order valence-electron chi connectivity index (χ0n) is 16.5. The van der Waals surface area contributed by atoms with Crippen LogP contribution in [0.1, 0.15) is 5.56 Å². The molecular weight excluding hydrogens is 436 g/mol. The van der Waals surface area contributed by atoms with Crippen LogP contribution in [-0.4, -0.2) is 34.7 Å². The molecule has 0 saturated heterocycles. The van der Waals surface area contributed by atoms with E-state index in [1.807, 2.05) is 54.6 Å². The van der Waals surface area contributed by atoms with Crippen LogP contribution in [0.4, 0.5) is 10.8 Å². The monoisotopic (exact) mass is 458 g/mol. The van der Waals surface area contributed by atoms with Crippen molar-refractivity contribution in [1.82, 2.24) is 10.2 Å². The minimum atomic E-state index is -0.0744. The molecule has 0 radical (unpaired) electrons. The van der Waals surface area contributed by atoms with Gasteiger partial charge in [0.25, 0.3) is 0 Å². The van der Waals surface area contributed by atoms with Crippen LogP contribution in [0.2, 0.25) is 0 Å². The standard InChI is InChI=1S/C21H22N4O2S3/c1-3-12-28-18-7-5-4-6-17(18)23-19(26)14-29-21-25-24-20(30-21)22-13-15-8-10-16(27-2)11-9-15/h3-11H,1,12-14H2,2H3,(H,22,24)(H,23,26). The van der Waals surface area contributed by atoms with E-state index in [1.54, 1.807) is 18.9 Å². The molecule has 6 nitrogen and oxygen atoms in total. The maximum Gasteiger partial charge on any atom is 0.234 e. The molecule has 0 aliphatic heterocycles. The Bertz CT molecular complexity index is 976. The van der Waals surface area contributed by atoms with Crippen molar-refractivity contribution in [3.05, 3.63) is 66.7 Å². The number of nitrogens with one attached hydrogen (secondary N) is 2. The lowest BCUT2D eigenvalue weighted by Crippen LogP contribution is -2.14. The molecule has 3 rings (SSSR count). The second kappa shape index (κ2) is 11.6. The molecule has 1 aromatic heterocycles. The highest BCUT2D eigenvalue weighted by atomic mass is 32.2. The van der Waals surface area contributed by atoms with Crippen molar-refractivity contribution in [3.8, 4) is 5.75 Å². The van der Waals surface area contributed by atoms with Crippen molar-refractivity contribution in [2.24, 2.45) is 0 Å². The van der Waals surface area contributed by atoms with E-state index in [4.69, 9.17) is 4.74 Å². The van der Waals surface area contributed by atoms with Gasteiger partial charge in [-0.1, -0.05) is 53.4 Å². The summed E-state index contributed by atoms with van der Waals surface area (Å²) in [6.07, 6.45) is 1.84. The fraction of sp³-hybridized carbons (Fsp3) is 0.190. The van der Waals surface area contributed by atoms with Crippen LogP contribution >= 0.6 is 34.9 Å². The molecule has 0 unspecified atom stereocenters. The molecule has 3 aromatic rings. The Balaban J connectivity index is 1.46. The SMILES string of the molecule is C=CCSc1ccccc1NC(=O)CSc1nnc(NCc2ccc(OC)cc2)s1. The van der Waals surface area contributed by atoms with E-state index in [1.165, 1.54) is 23.1 Å². The number of benzene rings is 2. The second-order valence-electron chi connectivity index (χ2n) is 6.01. The van der Waals surface area contributed by atoms with E-state index in [0.717, 1.165) is 37.1 Å². The van der Waals surface area contributed by atoms with Gasteiger partial charge in [0.1, 0.15) is 5.75 Å². The molecule has 2 N–H and O–H groups in total. The number of hydrogen-bond acceptors (Lipinski definition) is 8. The molecule has 0 bridgehead atoms. The molecule has 0 spiro atoms. The van der Waals surface area contributed by atoms with Gasteiger partial charge in [-0.3, -0.25) is 4.79 Å². The molecule has 0 aliphatic carbocycles. The van der Waals surface area contributed by atoms with Gasteiger partial charge in [-0.2, -0.15) is 0 Å². The average molecular weight is 459 g/mol. The highest BCUT2D eigenvalue weighted by molar-refractivity contribution is 8.01. The lowest BCUT2D eigenvalue weighted by Gasteiger charge is -2.09. The molecule has 0 fully saturated rings. The van der Waals surface area contributed by atoms with Gasteiger partial charge in [0, 0.05) is 17.2 Å². The van der Waals surface area contributed by atoms with Crippen LogP contribution in [0.25, 0.3) is 0 Å². The number of thioether (sulfide) groups is 2. The number of carbonyl (C=O) groups is 1. The van der Waals surface area contributed by atoms with Crippen LogP contribution in [-0.2, 0) is 11.3 Å². The third-order valence-corrected chi connectivity index (χ3v) is 6.94. The summed E-state index contributed by atoms with van der Waals surface area (Å²) in [5, 5.41) is 15.2. The predicted molar refractivity (Wildman–Crippen MR) is 127 cm³/mol. The minimum absolute atomic E-state index is 0.0744. The molecule has 9 heteroatoms. The number of amides is 1. The van der Waals surface area contributed by atoms with Crippen LogP contribution < -0.4 is 15.4 Å². The number of aromatic nitrogens is 2. The zero-order chi connectivity index (χ0) is 21.2. The van der Waals surface area contributed by atoms with Crippen LogP contribution in [0.5, 0.6) is 5.75 Å².